The quantitative estimate of drug-likeness (QED) is 0.792. The molecule has 0 spiro atoms. The van der Waals surface area contributed by atoms with Gasteiger partial charge >= 0.3 is 0 Å². The van der Waals surface area contributed by atoms with Gasteiger partial charge in [-0.3, -0.25) is 0 Å². The van der Waals surface area contributed by atoms with E-state index in [4.69, 9.17) is 0 Å². The van der Waals surface area contributed by atoms with E-state index in [1.54, 1.807) is 11.3 Å². The van der Waals surface area contributed by atoms with Crippen molar-refractivity contribution >= 4 is 11.3 Å². The minimum Gasteiger partial charge on any atom is -0.312 e. The molecule has 1 aromatic heterocycles. The summed E-state index contributed by atoms with van der Waals surface area (Å²) in [5, 5.41) is 6.81. The third kappa shape index (κ3) is 6.76. The van der Waals surface area contributed by atoms with Crippen LogP contribution in [-0.2, 0) is 6.54 Å². The SMILES string of the molecule is Cc1nc(CN(C)CCCNC(C)(C)C)cs1. The fraction of sp³-hybridized carbons (Fsp3) is 0.769. The Morgan fingerprint density at radius 1 is 1.41 bits per heavy atom. The molecular formula is C13H25N3S. The molecule has 0 aliphatic heterocycles. The van der Waals surface area contributed by atoms with E-state index < -0.39 is 0 Å². The van der Waals surface area contributed by atoms with Crippen LogP contribution >= 0.6 is 11.3 Å². The lowest BCUT2D eigenvalue weighted by Crippen LogP contribution is -2.37. The molecule has 0 radical (unpaired) electrons. The standard InChI is InChI=1S/C13H25N3S/c1-11-15-12(10-17-11)9-16(5)8-6-7-14-13(2,3)4/h10,14H,6-9H2,1-5H3. The Morgan fingerprint density at radius 3 is 2.65 bits per heavy atom. The van der Waals surface area contributed by atoms with Gasteiger partial charge in [0.05, 0.1) is 10.7 Å². The minimum absolute atomic E-state index is 0.227. The highest BCUT2D eigenvalue weighted by molar-refractivity contribution is 7.09. The highest BCUT2D eigenvalue weighted by Crippen LogP contribution is 2.09. The predicted octanol–water partition coefficient (Wildman–Crippen LogP) is 2.66. The lowest BCUT2D eigenvalue weighted by atomic mass is 10.1. The van der Waals surface area contributed by atoms with E-state index in [1.807, 2.05) is 0 Å². The molecule has 0 amide bonds. The Balaban J connectivity index is 2.15. The van der Waals surface area contributed by atoms with Gasteiger partial charge in [-0.1, -0.05) is 0 Å². The third-order valence-electron chi connectivity index (χ3n) is 2.47. The van der Waals surface area contributed by atoms with Crippen LogP contribution in [0, 0.1) is 6.92 Å². The minimum atomic E-state index is 0.227. The van der Waals surface area contributed by atoms with Gasteiger partial charge in [0.2, 0.25) is 0 Å². The van der Waals surface area contributed by atoms with Gasteiger partial charge in [-0.25, -0.2) is 4.98 Å². The summed E-state index contributed by atoms with van der Waals surface area (Å²) in [5.74, 6) is 0. The van der Waals surface area contributed by atoms with Crippen LogP contribution in [0.1, 0.15) is 37.9 Å². The third-order valence-corrected chi connectivity index (χ3v) is 3.29. The van der Waals surface area contributed by atoms with Gasteiger partial charge in [-0.2, -0.15) is 0 Å². The van der Waals surface area contributed by atoms with E-state index in [1.165, 1.54) is 12.1 Å². The van der Waals surface area contributed by atoms with Gasteiger partial charge in [-0.15, -0.1) is 11.3 Å². The first-order valence-electron chi connectivity index (χ1n) is 6.21. The molecule has 0 fully saturated rings. The number of thiazole rings is 1. The van der Waals surface area contributed by atoms with Gasteiger partial charge < -0.3 is 10.2 Å². The summed E-state index contributed by atoms with van der Waals surface area (Å²) in [4.78, 5) is 6.81. The monoisotopic (exact) mass is 255 g/mol. The second kappa shape index (κ2) is 6.47. The zero-order valence-corrected chi connectivity index (χ0v) is 12.5. The molecule has 1 N–H and O–H groups in total. The van der Waals surface area contributed by atoms with E-state index in [0.717, 1.165) is 24.6 Å². The summed E-state index contributed by atoms with van der Waals surface area (Å²) in [6.45, 7) is 11.8. The first-order chi connectivity index (χ1) is 7.87. The predicted molar refractivity (Wildman–Crippen MR) is 75.6 cm³/mol. The van der Waals surface area contributed by atoms with Crippen LogP contribution in [0.4, 0.5) is 0 Å². The molecule has 0 aromatic carbocycles. The topological polar surface area (TPSA) is 28.2 Å². The number of hydrogen-bond donors (Lipinski definition) is 1. The fourth-order valence-corrected chi connectivity index (χ4v) is 2.25. The van der Waals surface area contributed by atoms with Crippen molar-refractivity contribution in [1.82, 2.24) is 15.2 Å². The maximum absolute atomic E-state index is 4.48. The second-order valence-corrected chi connectivity index (χ2v) is 6.69. The smallest absolute Gasteiger partial charge is 0.0897 e. The molecule has 0 aliphatic rings. The first-order valence-corrected chi connectivity index (χ1v) is 7.09. The Bertz CT molecular complexity index is 328. The molecule has 0 bridgehead atoms. The highest BCUT2D eigenvalue weighted by Gasteiger charge is 2.08. The Morgan fingerprint density at radius 2 is 2.12 bits per heavy atom. The van der Waals surface area contributed by atoms with Crippen LogP contribution in [0.5, 0.6) is 0 Å². The number of nitrogens with zero attached hydrogens (tertiary/aromatic N) is 2. The fourth-order valence-electron chi connectivity index (χ4n) is 1.65. The molecule has 1 aromatic rings. The number of aryl methyl sites for hydroxylation is 1. The second-order valence-electron chi connectivity index (χ2n) is 5.63. The highest BCUT2D eigenvalue weighted by atomic mass is 32.1. The van der Waals surface area contributed by atoms with Crippen LogP contribution < -0.4 is 5.32 Å². The molecule has 4 heteroatoms. The molecule has 98 valence electrons. The molecule has 0 atom stereocenters. The van der Waals surface area contributed by atoms with E-state index in [0.29, 0.717) is 0 Å². The summed E-state index contributed by atoms with van der Waals surface area (Å²) in [7, 11) is 2.16. The van der Waals surface area contributed by atoms with Crippen LogP contribution in [0.3, 0.4) is 0 Å². The summed E-state index contributed by atoms with van der Waals surface area (Å²) in [5.41, 5.74) is 1.42. The number of hydrogen-bond acceptors (Lipinski definition) is 4. The lowest BCUT2D eigenvalue weighted by molar-refractivity contribution is 0.307. The average molecular weight is 255 g/mol. The Hall–Kier alpha value is -0.450. The maximum atomic E-state index is 4.48. The van der Waals surface area contributed by atoms with Crippen LogP contribution in [0.2, 0.25) is 0 Å². The van der Waals surface area contributed by atoms with E-state index in [-0.39, 0.29) is 5.54 Å². The van der Waals surface area contributed by atoms with Crippen molar-refractivity contribution in [3.8, 4) is 0 Å². The van der Waals surface area contributed by atoms with Crippen molar-refractivity contribution in [2.24, 2.45) is 0 Å². The molecule has 0 unspecified atom stereocenters. The van der Waals surface area contributed by atoms with Gasteiger partial charge in [0.25, 0.3) is 0 Å². The summed E-state index contributed by atoms with van der Waals surface area (Å²) in [6.07, 6.45) is 1.18. The molecule has 0 saturated carbocycles. The van der Waals surface area contributed by atoms with E-state index in [9.17, 15) is 0 Å². The van der Waals surface area contributed by atoms with Crippen molar-refractivity contribution in [2.75, 3.05) is 20.1 Å². The van der Waals surface area contributed by atoms with Crippen LogP contribution in [0.25, 0.3) is 0 Å². The van der Waals surface area contributed by atoms with E-state index in [2.05, 4.69) is 55.3 Å². The molecule has 0 saturated heterocycles. The zero-order valence-electron chi connectivity index (χ0n) is 11.7. The molecule has 3 nitrogen and oxygen atoms in total. The van der Waals surface area contributed by atoms with Crippen LogP contribution in [0.15, 0.2) is 5.38 Å². The number of nitrogens with one attached hydrogen (secondary N) is 1. The maximum Gasteiger partial charge on any atom is 0.0897 e. The summed E-state index contributed by atoms with van der Waals surface area (Å²) >= 11 is 1.73. The van der Waals surface area contributed by atoms with Gasteiger partial charge in [0.15, 0.2) is 0 Å². The van der Waals surface area contributed by atoms with Crippen molar-refractivity contribution in [3.63, 3.8) is 0 Å². The molecule has 0 aliphatic carbocycles. The molecule has 1 heterocycles. The Labute approximate surface area is 109 Å². The van der Waals surface area contributed by atoms with Gasteiger partial charge in [-0.05, 0) is 54.3 Å². The zero-order chi connectivity index (χ0) is 12.9. The normalized spacial score (nSPS) is 12.4. The number of rotatable bonds is 6. The number of aromatic nitrogens is 1. The largest absolute Gasteiger partial charge is 0.312 e. The lowest BCUT2D eigenvalue weighted by Gasteiger charge is -2.22. The van der Waals surface area contributed by atoms with E-state index >= 15 is 0 Å². The van der Waals surface area contributed by atoms with Crippen molar-refractivity contribution in [3.05, 3.63) is 16.1 Å². The van der Waals surface area contributed by atoms with Crippen molar-refractivity contribution < 1.29 is 0 Å². The van der Waals surface area contributed by atoms with Crippen molar-refractivity contribution in [2.45, 2.75) is 46.2 Å². The van der Waals surface area contributed by atoms with Gasteiger partial charge in [0.1, 0.15) is 0 Å². The average Bonchev–Trinajstić information content (AvgIpc) is 2.57. The van der Waals surface area contributed by atoms with Crippen LogP contribution in [-0.4, -0.2) is 35.6 Å². The summed E-state index contributed by atoms with van der Waals surface area (Å²) in [6, 6.07) is 0. The Kier molecular flexibility index (Phi) is 5.56. The van der Waals surface area contributed by atoms with Crippen molar-refractivity contribution in [1.29, 1.82) is 0 Å². The molecule has 17 heavy (non-hydrogen) atoms. The summed E-state index contributed by atoms with van der Waals surface area (Å²) < 4.78 is 0. The molecular weight excluding hydrogens is 230 g/mol. The van der Waals surface area contributed by atoms with Gasteiger partial charge in [0, 0.05) is 17.5 Å². The molecule has 1 rings (SSSR count). The first kappa shape index (κ1) is 14.6.